The second-order valence-corrected chi connectivity index (χ2v) is 6.40. The van der Waals surface area contributed by atoms with E-state index < -0.39 is 0 Å². The summed E-state index contributed by atoms with van der Waals surface area (Å²) in [5.74, 6) is -0.811. The topological polar surface area (TPSA) is 39.1 Å². The second-order valence-electron chi connectivity index (χ2n) is 6.40. The lowest BCUT2D eigenvalue weighted by atomic mass is 10.1. The Bertz CT molecular complexity index is 1070. The number of fused-ring (bicyclic) bond motifs is 1. The van der Waals surface area contributed by atoms with Gasteiger partial charge in [0.1, 0.15) is 5.82 Å². The molecule has 1 aliphatic carbocycles. The minimum atomic E-state index is -0.313. The highest BCUT2D eigenvalue weighted by atomic mass is 19.1. The van der Waals surface area contributed by atoms with Crippen LogP contribution >= 0.6 is 0 Å². The van der Waals surface area contributed by atoms with Crippen molar-refractivity contribution in [2.45, 2.75) is 13.8 Å². The number of carbonyl (C=O) groups is 2. The molecule has 0 bridgehead atoms. The van der Waals surface area contributed by atoms with E-state index in [9.17, 15) is 14.0 Å². The van der Waals surface area contributed by atoms with Gasteiger partial charge in [-0.2, -0.15) is 0 Å². The Morgan fingerprint density at radius 3 is 2.15 bits per heavy atom. The van der Waals surface area contributed by atoms with E-state index in [1.165, 1.54) is 12.1 Å². The third-order valence-electron chi connectivity index (χ3n) is 4.74. The average molecular weight is 345 g/mol. The molecule has 0 amide bonds. The molecule has 0 saturated carbocycles. The number of aryl methyl sites for hydroxylation is 1. The molecule has 3 nitrogen and oxygen atoms in total. The third kappa shape index (κ3) is 2.42. The molecule has 1 aliphatic rings. The van der Waals surface area contributed by atoms with Crippen molar-refractivity contribution < 1.29 is 14.0 Å². The summed E-state index contributed by atoms with van der Waals surface area (Å²) in [5, 5.41) is 0. The molecule has 0 radical (unpaired) electrons. The Labute approximate surface area is 150 Å². The van der Waals surface area contributed by atoms with Crippen LogP contribution in [0.3, 0.4) is 0 Å². The summed E-state index contributed by atoms with van der Waals surface area (Å²) in [6.45, 7) is 3.80. The van der Waals surface area contributed by atoms with Crippen LogP contribution in [0.4, 0.5) is 4.39 Å². The van der Waals surface area contributed by atoms with Crippen LogP contribution in [0.25, 0.3) is 11.8 Å². The van der Waals surface area contributed by atoms with E-state index >= 15 is 0 Å². The van der Waals surface area contributed by atoms with Gasteiger partial charge in [-0.05, 0) is 49.8 Å². The summed E-state index contributed by atoms with van der Waals surface area (Å²) in [6.07, 6.45) is 1.64. The minimum absolute atomic E-state index is 0.172. The first-order valence-corrected chi connectivity index (χ1v) is 8.32. The molecular weight excluding hydrogens is 329 g/mol. The van der Waals surface area contributed by atoms with E-state index in [0.717, 1.165) is 17.0 Å². The van der Waals surface area contributed by atoms with Crippen LogP contribution in [0.2, 0.25) is 0 Å². The number of halogens is 1. The fourth-order valence-electron chi connectivity index (χ4n) is 3.51. The molecule has 128 valence electrons. The highest BCUT2D eigenvalue weighted by Crippen LogP contribution is 2.30. The van der Waals surface area contributed by atoms with Crippen molar-refractivity contribution in [3.8, 4) is 5.69 Å². The molecule has 1 aromatic heterocycles. The van der Waals surface area contributed by atoms with E-state index in [4.69, 9.17) is 0 Å². The van der Waals surface area contributed by atoms with Crippen molar-refractivity contribution in [2.24, 2.45) is 0 Å². The first kappa shape index (κ1) is 16.2. The molecule has 1 heterocycles. The van der Waals surface area contributed by atoms with Gasteiger partial charge in [-0.25, -0.2) is 4.39 Å². The van der Waals surface area contributed by atoms with E-state index in [1.54, 1.807) is 36.4 Å². The SMILES string of the molecule is Cc1cc(C=C2C(=O)c3ccccc3C2=O)c(C)n1-c1cccc(F)c1. The lowest BCUT2D eigenvalue weighted by Crippen LogP contribution is -2.01. The third-order valence-corrected chi connectivity index (χ3v) is 4.74. The lowest BCUT2D eigenvalue weighted by molar-refractivity contribution is 0.0990. The van der Waals surface area contributed by atoms with Crippen molar-refractivity contribution >= 4 is 17.6 Å². The number of ketones is 2. The van der Waals surface area contributed by atoms with Crippen molar-refractivity contribution in [1.82, 2.24) is 4.57 Å². The highest BCUT2D eigenvalue weighted by molar-refractivity contribution is 6.41. The summed E-state index contributed by atoms with van der Waals surface area (Å²) < 4.78 is 15.5. The number of rotatable bonds is 2. The molecule has 0 N–H and O–H groups in total. The zero-order chi connectivity index (χ0) is 18.4. The molecule has 4 rings (SSSR count). The maximum Gasteiger partial charge on any atom is 0.197 e. The van der Waals surface area contributed by atoms with Gasteiger partial charge in [-0.3, -0.25) is 9.59 Å². The van der Waals surface area contributed by atoms with E-state index in [0.29, 0.717) is 16.8 Å². The Morgan fingerprint density at radius 1 is 0.885 bits per heavy atom. The molecule has 0 spiro atoms. The Kier molecular flexibility index (Phi) is 3.69. The first-order chi connectivity index (χ1) is 12.5. The van der Waals surface area contributed by atoms with Gasteiger partial charge in [-0.15, -0.1) is 0 Å². The van der Waals surface area contributed by atoms with Gasteiger partial charge in [0, 0.05) is 28.2 Å². The molecule has 0 aliphatic heterocycles. The van der Waals surface area contributed by atoms with Crippen molar-refractivity contribution in [2.75, 3.05) is 0 Å². The highest BCUT2D eigenvalue weighted by Gasteiger charge is 2.32. The van der Waals surface area contributed by atoms with Crippen molar-refractivity contribution in [3.05, 3.63) is 94.1 Å². The standard InChI is InChI=1S/C22H16FNO2/c1-13-10-15(14(2)24(13)17-7-5-6-16(23)12-17)11-20-21(25)18-8-3-4-9-19(18)22(20)26/h3-12H,1-2H3. The van der Waals surface area contributed by atoms with Gasteiger partial charge in [0.25, 0.3) is 0 Å². The van der Waals surface area contributed by atoms with Crippen LogP contribution in [0.5, 0.6) is 0 Å². The van der Waals surface area contributed by atoms with Crippen LogP contribution in [-0.2, 0) is 0 Å². The fourth-order valence-corrected chi connectivity index (χ4v) is 3.51. The molecule has 4 heteroatoms. The van der Waals surface area contributed by atoms with E-state index in [-0.39, 0.29) is 23.0 Å². The Balaban J connectivity index is 1.82. The van der Waals surface area contributed by atoms with Gasteiger partial charge in [0.05, 0.1) is 5.57 Å². The summed E-state index contributed by atoms with van der Waals surface area (Å²) in [4.78, 5) is 25.2. The van der Waals surface area contributed by atoms with Gasteiger partial charge in [0.15, 0.2) is 11.6 Å². The second kappa shape index (κ2) is 5.92. The van der Waals surface area contributed by atoms with Crippen LogP contribution < -0.4 is 0 Å². The fraction of sp³-hybridized carbons (Fsp3) is 0.0909. The number of benzene rings is 2. The van der Waals surface area contributed by atoms with Crippen LogP contribution in [0.1, 0.15) is 37.7 Å². The number of nitrogens with zero attached hydrogens (tertiary/aromatic N) is 1. The molecule has 0 saturated heterocycles. The van der Waals surface area contributed by atoms with Crippen molar-refractivity contribution in [3.63, 3.8) is 0 Å². The normalized spacial score (nSPS) is 13.3. The van der Waals surface area contributed by atoms with Crippen LogP contribution in [0, 0.1) is 19.7 Å². The van der Waals surface area contributed by atoms with Gasteiger partial charge in [-0.1, -0.05) is 30.3 Å². The number of hydrogen-bond acceptors (Lipinski definition) is 2. The summed E-state index contributed by atoms with van der Waals surface area (Å²) >= 11 is 0. The maximum atomic E-state index is 13.6. The first-order valence-electron chi connectivity index (χ1n) is 8.32. The molecule has 0 unspecified atom stereocenters. The quantitative estimate of drug-likeness (QED) is 0.499. The Morgan fingerprint density at radius 2 is 1.54 bits per heavy atom. The number of Topliss-reactive ketones (excluding diaryl/α,β-unsaturated/α-hetero) is 2. The molecule has 0 atom stereocenters. The van der Waals surface area contributed by atoms with Gasteiger partial charge in [0.2, 0.25) is 0 Å². The predicted octanol–water partition coefficient (Wildman–Crippen LogP) is 4.70. The number of hydrogen-bond donors (Lipinski definition) is 0. The number of allylic oxidation sites excluding steroid dienone is 1. The molecule has 2 aromatic carbocycles. The average Bonchev–Trinajstić information content (AvgIpc) is 3.04. The molecule has 0 fully saturated rings. The largest absolute Gasteiger partial charge is 0.318 e. The predicted molar refractivity (Wildman–Crippen MR) is 98.3 cm³/mol. The zero-order valence-corrected chi connectivity index (χ0v) is 14.4. The summed E-state index contributed by atoms with van der Waals surface area (Å²) in [5.41, 5.74) is 4.29. The van der Waals surface area contributed by atoms with Gasteiger partial charge < -0.3 is 4.57 Å². The van der Waals surface area contributed by atoms with E-state index in [1.807, 2.05) is 30.5 Å². The minimum Gasteiger partial charge on any atom is -0.318 e. The number of aromatic nitrogens is 1. The summed E-state index contributed by atoms with van der Waals surface area (Å²) in [7, 11) is 0. The maximum absolute atomic E-state index is 13.6. The summed E-state index contributed by atoms with van der Waals surface area (Å²) in [6, 6.07) is 15.1. The Hall–Kier alpha value is -3.27. The van der Waals surface area contributed by atoms with Gasteiger partial charge >= 0.3 is 0 Å². The lowest BCUT2D eigenvalue weighted by Gasteiger charge is -2.09. The van der Waals surface area contributed by atoms with E-state index in [2.05, 4.69) is 0 Å². The zero-order valence-electron chi connectivity index (χ0n) is 14.4. The molecular formula is C22H16FNO2. The van der Waals surface area contributed by atoms with Crippen LogP contribution in [-0.4, -0.2) is 16.1 Å². The smallest absolute Gasteiger partial charge is 0.197 e. The molecule has 26 heavy (non-hydrogen) atoms. The van der Waals surface area contributed by atoms with Crippen molar-refractivity contribution in [1.29, 1.82) is 0 Å². The number of carbonyl (C=O) groups excluding carboxylic acids is 2. The van der Waals surface area contributed by atoms with Crippen LogP contribution in [0.15, 0.2) is 60.2 Å². The monoisotopic (exact) mass is 345 g/mol. The molecule has 3 aromatic rings.